The SMILES string of the molecule is CN1C2CCC1c1c(sc(NC=O)c1C(N)=O)C2. The van der Waals surface area contributed by atoms with Crippen molar-refractivity contribution in [3.05, 3.63) is 16.0 Å². The molecule has 1 aromatic rings. The minimum absolute atomic E-state index is 0.278. The number of nitrogens with two attached hydrogens (primary N) is 1. The lowest BCUT2D eigenvalue weighted by Crippen LogP contribution is -2.34. The number of amides is 2. The Morgan fingerprint density at radius 1 is 1.56 bits per heavy atom. The standard InChI is InChI=1S/C12H15N3O2S/c1-15-6-2-3-7(15)9-8(4-6)18-12(14-5-16)10(9)11(13)17/h5-7H,2-4H2,1H3,(H2,13,17)(H,14,16). The second-order valence-corrected chi connectivity index (χ2v) is 5.99. The summed E-state index contributed by atoms with van der Waals surface area (Å²) in [5.74, 6) is -0.449. The molecule has 2 atom stereocenters. The van der Waals surface area contributed by atoms with Gasteiger partial charge in [-0.25, -0.2) is 0 Å². The molecule has 6 heteroatoms. The molecule has 5 nitrogen and oxygen atoms in total. The van der Waals surface area contributed by atoms with Crippen LogP contribution in [-0.4, -0.2) is 30.3 Å². The van der Waals surface area contributed by atoms with Crippen LogP contribution in [0.3, 0.4) is 0 Å². The highest BCUT2D eigenvalue weighted by Crippen LogP contribution is 2.49. The first-order chi connectivity index (χ1) is 8.63. The monoisotopic (exact) mass is 265 g/mol. The number of primary amides is 1. The fourth-order valence-corrected chi connectivity index (χ4v) is 4.50. The van der Waals surface area contributed by atoms with Gasteiger partial charge in [0.25, 0.3) is 5.91 Å². The Morgan fingerprint density at radius 2 is 2.33 bits per heavy atom. The van der Waals surface area contributed by atoms with Crippen LogP contribution in [0.1, 0.15) is 39.7 Å². The van der Waals surface area contributed by atoms with E-state index >= 15 is 0 Å². The fraction of sp³-hybridized carbons (Fsp3) is 0.500. The molecule has 0 aliphatic carbocycles. The summed E-state index contributed by atoms with van der Waals surface area (Å²) in [4.78, 5) is 25.8. The average Bonchev–Trinajstić information content (AvgIpc) is 2.77. The van der Waals surface area contributed by atoms with Crippen LogP contribution in [0.4, 0.5) is 5.00 Å². The number of nitrogens with zero attached hydrogens (tertiary/aromatic N) is 1. The van der Waals surface area contributed by atoms with Gasteiger partial charge in [0.15, 0.2) is 0 Å². The first-order valence-electron chi connectivity index (χ1n) is 6.01. The summed E-state index contributed by atoms with van der Waals surface area (Å²) in [5, 5.41) is 3.21. The largest absolute Gasteiger partial charge is 0.365 e. The van der Waals surface area contributed by atoms with Gasteiger partial charge in [0, 0.05) is 17.0 Å². The molecule has 3 N–H and O–H groups in total. The van der Waals surface area contributed by atoms with E-state index in [9.17, 15) is 9.59 Å². The summed E-state index contributed by atoms with van der Waals surface area (Å²) in [6.07, 6.45) is 3.78. The Kier molecular flexibility index (Phi) is 2.64. The number of rotatable bonds is 3. The quantitative estimate of drug-likeness (QED) is 0.804. The number of hydrogen-bond acceptors (Lipinski definition) is 4. The Hall–Kier alpha value is -1.40. The molecule has 2 amide bonds. The number of nitrogens with one attached hydrogen (secondary N) is 1. The third-order valence-electron chi connectivity index (χ3n) is 4.05. The smallest absolute Gasteiger partial charge is 0.252 e. The lowest BCUT2D eigenvalue weighted by atomic mass is 9.97. The number of carbonyl (C=O) groups excluding carboxylic acids is 2. The maximum Gasteiger partial charge on any atom is 0.252 e. The minimum atomic E-state index is -0.449. The molecular weight excluding hydrogens is 250 g/mol. The molecule has 2 bridgehead atoms. The molecule has 3 heterocycles. The maximum atomic E-state index is 11.7. The van der Waals surface area contributed by atoms with E-state index in [4.69, 9.17) is 5.73 Å². The van der Waals surface area contributed by atoms with Gasteiger partial charge in [-0.2, -0.15) is 0 Å². The number of fused-ring (bicyclic) bond motifs is 4. The number of hydrogen-bond donors (Lipinski definition) is 2. The van der Waals surface area contributed by atoms with Gasteiger partial charge in [0.2, 0.25) is 6.41 Å². The van der Waals surface area contributed by atoms with E-state index < -0.39 is 5.91 Å². The molecule has 2 aliphatic rings. The van der Waals surface area contributed by atoms with Gasteiger partial charge in [-0.05, 0) is 31.9 Å². The van der Waals surface area contributed by atoms with Gasteiger partial charge >= 0.3 is 0 Å². The Balaban J connectivity index is 2.15. The van der Waals surface area contributed by atoms with Crippen molar-refractivity contribution in [3.8, 4) is 0 Å². The van der Waals surface area contributed by atoms with Crippen molar-refractivity contribution in [3.63, 3.8) is 0 Å². The molecule has 2 aliphatic heterocycles. The van der Waals surface area contributed by atoms with Gasteiger partial charge in [-0.1, -0.05) is 0 Å². The van der Waals surface area contributed by atoms with E-state index in [0.717, 1.165) is 24.8 Å². The predicted molar refractivity (Wildman–Crippen MR) is 69.8 cm³/mol. The van der Waals surface area contributed by atoms with Crippen LogP contribution in [0.5, 0.6) is 0 Å². The summed E-state index contributed by atoms with van der Waals surface area (Å²) < 4.78 is 0. The zero-order chi connectivity index (χ0) is 12.9. The van der Waals surface area contributed by atoms with Crippen LogP contribution < -0.4 is 11.1 Å². The molecule has 0 spiro atoms. The fourth-order valence-electron chi connectivity index (χ4n) is 3.21. The first-order valence-corrected chi connectivity index (χ1v) is 6.82. The highest BCUT2D eigenvalue weighted by atomic mass is 32.1. The van der Waals surface area contributed by atoms with Gasteiger partial charge < -0.3 is 11.1 Å². The van der Waals surface area contributed by atoms with E-state index in [0.29, 0.717) is 23.0 Å². The van der Waals surface area contributed by atoms with Crippen molar-refractivity contribution in [1.82, 2.24) is 4.90 Å². The van der Waals surface area contributed by atoms with Crippen LogP contribution in [0.2, 0.25) is 0 Å². The van der Waals surface area contributed by atoms with Gasteiger partial charge in [-0.3, -0.25) is 14.5 Å². The molecule has 2 unspecified atom stereocenters. The van der Waals surface area contributed by atoms with Crippen molar-refractivity contribution >= 4 is 28.7 Å². The lowest BCUT2D eigenvalue weighted by molar-refractivity contribution is -0.105. The van der Waals surface area contributed by atoms with Crippen LogP contribution in [0.15, 0.2) is 0 Å². The molecule has 0 radical (unpaired) electrons. The summed E-state index contributed by atoms with van der Waals surface area (Å²) in [6, 6.07) is 0.839. The Morgan fingerprint density at radius 3 is 3.00 bits per heavy atom. The highest BCUT2D eigenvalue weighted by Gasteiger charge is 2.41. The number of likely N-dealkylation sites (N-methyl/N-ethyl adjacent to an activating group) is 1. The summed E-state index contributed by atoms with van der Waals surface area (Å²) in [7, 11) is 2.10. The van der Waals surface area contributed by atoms with E-state index in [-0.39, 0.29) is 6.04 Å². The number of carbonyl (C=O) groups is 2. The van der Waals surface area contributed by atoms with E-state index in [1.54, 1.807) is 0 Å². The highest BCUT2D eigenvalue weighted by molar-refractivity contribution is 7.17. The summed E-state index contributed by atoms with van der Waals surface area (Å²) in [6.45, 7) is 0. The summed E-state index contributed by atoms with van der Waals surface area (Å²) >= 11 is 1.49. The third kappa shape index (κ3) is 1.49. The first kappa shape index (κ1) is 11.7. The van der Waals surface area contributed by atoms with Crippen molar-refractivity contribution in [2.75, 3.05) is 12.4 Å². The molecule has 96 valence electrons. The summed E-state index contributed by atoms with van der Waals surface area (Å²) in [5.41, 5.74) is 7.05. The van der Waals surface area contributed by atoms with Gasteiger partial charge in [-0.15, -0.1) is 11.3 Å². The molecule has 1 aromatic heterocycles. The van der Waals surface area contributed by atoms with Gasteiger partial charge in [0.05, 0.1) is 5.56 Å². The normalized spacial score (nSPS) is 25.8. The Bertz CT molecular complexity index is 526. The maximum absolute atomic E-state index is 11.7. The average molecular weight is 265 g/mol. The van der Waals surface area contributed by atoms with Crippen molar-refractivity contribution in [2.45, 2.75) is 31.3 Å². The van der Waals surface area contributed by atoms with Crippen LogP contribution in [0, 0.1) is 0 Å². The van der Waals surface area contributed by atoms with Crippen molar-refractivity contribution in [2.24, 2.45) is 5.73 Å². The molecular formula is C12H15N3O2S. The molecule has 1 saturated heterocycles. The van der Waals surface area contributed by atoms with E-state index in [2.05, 4.69) is 17.3 Å². The second kappa shape index (κ2) is 4.07. The molecule has 18 heavy (non-hydrogen) atoms. The van der Waals surface area contributed by atoms with E-state index in [1.807, 2.05) is 0 Å². The topological polar surface area (TPSA) is 75.4 Å². The zero-order valence-electron chi connectivity index (χ0n) is 10.1. The van der Waals surface area contributed by atoms with E-state index in [1.165, 1.54) is 16.2 Å². The molecule has 0 aromatic carbocycles. The molecule has 3 rings (SSSR count). The van der Waals surface area contributed by atoms with Crippen molar-refractivity contribution in [1.29, 1.82) is 0 Å². The molecule has 1 fully saturated rings. The zero-order valence-corrected chi connectivity index (χ0v) is 10.9. The van der Waals surface area contributed by atoms with Crippen molar-refractivity contribution < 1.29 is 9.59 Å². The predicted octanol–water partition coefficient (Wildman–Crippen LogP) is 1.11. The second-order valence-electron chi connectivity index (χ2n) is 4.89. The number of anilines is 1. The minimum Gasteiger partial charge on any atom is -0.365 e. The van der Waals surface area contributed by atoms with Gasteiger partial charge in [0.1, 0.15) is 5.00 Å². The molecule has 0 saturated carbocycles. The lowest BCUT2D eigenvalue weighted by Gasteiger charge is -2.31. The third-order valence-corrected chi connectivity index (χ3v) is 5.21. The van der Waals surface area contributed by atoms with Crippen LogP contribution >= 0.6 is 11.3 Å². The number of thiophene rings is 1. The Labute approximate surface area is 109 Å². The van der Waals surface area contributed by atoms with Crippen LogP contribution in [0.25, 0.3) is 0 Å². The van der Waals surface area contributed by atoms with Crippen LogP contribution in [-0.2, 0) is 11.2 Å².